The molecule has 76 valence electrons. The number of para-hydroxylation sites is 1. The first-order valence-electron chi connectivity index (χ1n) is 4.93. The van der Waals surface area contributed by atoms with Gasteiger partial charge in [0.1, 0.15) is 5.75 Å². The molecule has 14 heavy (non-hydrogen) atoms. The van der Waals surface area contributed by atoms with E-state index >= 15 is 0 Å². The lowest BCUT2D eigenvalue weighted by Crippen LogP contribution is -2.17. The van der Waals surface area contributed by atoms with E-state index in [2.05, 4.69) is 25.7 Å². The van der Waals surface area contributed by atoms with Gasteiger partial charge in [-0.1, -0.05) is 50.0 Å². The maximum Gasteiger partial charge on any atom is 0.122 e. The van der Waals surface area contributed by atoms with Gasteiger partial charge in [-0.25, -0.2) is 0 Å². The predicted octanol–water partition coefficient (Wildman–Crippen LogP) is 3.74. The average molecular weight is 206 g/mol. The number of allylic oxidation sites excluding steroid dienone is 1. The van der Waals surface area contributed by atoms with Gasteiger partial charge in [0.15, 0.2) is 0 Å². The van der Waals surface area contributed by atoms with Crippen LogP contribution in [0.25, 0.3) is 6.08 Å². The molecule has 1 rings (SSSR count). The molecule has 0 aliphatic carbocycles. The highest BCUT2D eigenvalue weighted by Gasteiger charge is 2.09. The van der Waals surface area contributed by atoms with Crippen LogP contribution in [0.1, 0.15) is 5.56 Å². The van der Waals surface area contributed by atoms with Crippen molar-refractivity contribution in [3.8, 4) is 5.75 Å². The molecule has 0 unspecified atom stereocenters. The second-order valence-electron chi connectivity index (χ2n) is 4.73. The Balaban J connectivity index is 2.65. The minimum absolute atomic E-state index is 0.360. The van der Waals surface area contributed by atoms with Crippen LogP contribution in [0.15, 0.2) is 30.3 Å². The van der Waals surface area contributed by atoms with Crippen LogP contribution in [0.5, 0.6) is 5.75 Å². The fourth-order valence-electron chi connectivity index (χ4n) is 1.17. The lowest BCUT2D eigenvalue weighted by molar-refractivity contribution is 0.474. The molecule has 0 bridgehead atoms. The van der Waals surface area contributed by atoms with Gasteiger partial charge in [0.05, 0.1) is 0 Å². The van der Waals surface area contributed by atoms with Gasteiger partial charge >= 0.3 is 0 Å². The van der Waals surface area contributed by atoms with Gasteiger partial charge in [-0.2, -0.15) is 0 Å². The third-order valence-electron chi connectivity index (χ3n) is 1.96. The number of rotatable bonds is 3. The predicted molar refractivity (Wildman–Crippen MR) is 65.3 cm³/mol. The molecule has 0 heterocycles. The van der Waals surface area contributed by atoms with Crippen molar-refractivity contribution in [3.63, 3.8) is 0 Å². The molecule has 1 nitrogen and oxygen atoms in total. The van der Waals surface area contributed by atoms with Crippen molar-refractivity contribution >= 4 is 14.1 Å². The largest absolute Gasteiger partial charge is 0.507 e. The lowest BCUT2D eigenvalue weighted by Gasteiger charge is -2.11. The van der Waals surface area contributed by atoms with E-state index in [9.17, 15) is 5.11 Å². The fourth-order valence-corrected chi connectivity index (χ4v) is 1.99. The van der Waals surface area contributed by atoms with Crippen LogP contribution >= 0.6 is 0 Å². The first-order chi connectivity index (χ1) is 6.49. The van der Waals surface area contributed by atoms with Gasteiger partial charge < -0.3 is 5.11 Å². The Kier molecular flexibility index (Phi) is 3.53. The maximum atomic E-state index is 9.50. The lowest BCUT2D eigenvalue weighted by atomic mass is 10.2. The van der Waals surface area contributed by atoms with Gasteiger partial charge in [-0.05, 0) is 12.1 Å². The summed E-state index contributed by atoms with van der Waals surface area (Å²) in [4.78, 5) is 0. The summed E-state index contributed by atoms with van der Waals surface area (Å²) < 4.78 is 0. The summed E-state index contributed by atoms with van der Waals surface area (Å²) in [6.45, 7) is 7.01. The van der Waals surface area contributed by atoms with Crippen molar-refractivity contribution in [2.75, 3.05) is 0 Å². The number of hydrogen-bond acceptors (Lipinski definition) is 1. The Bertz CT molecular complexity index is 323. The minimum atomic E-state index is -0.997. The van der Waals surface area contributed by atoms with Gasteiger partial charge in [-0.15, -0.1) is 0 Å². The van der Waals surface area contributed by atoms with E-state index in [4.69, 9.17) is 0 Å². The highest BCUT2D eigenvalue weighted by Crippen LogP contribution is 2.18. The molecule has 0 atom stereocenters. The summed E-state index contributed by atoms with van der Waals surface area (Å²) in [5.74, 6) is 0.360. The van der Waals surface area contributed by atoms with E-state index in [1.165, 1.54) is 0 Å². The Morgan fingerprint density at radius 2 is 1.86 bits per heavy atom. The van der Waals surface area contributed by atoms with Crippen molar-refractivity contribution in [2.24, 2.45) is 0 Å². The van der Waals surface area contributed by atoms with E-state index < -0.39 is 8.07 Å². The SMILES string of the molecule is C[Si](C)(C)C/C=C\c1ccccc1O. The summed E-state index contributed by atoms with van der Waals surface area (Å²) in [5, 5.41) is 9.50. The molecule has 0 fully saturated rings. The molecule has 0 amide bonds. The minimum Gasteiger partial charge on any atom is -0.507 e. The summed E-state index contributed by atoms with van der Waals surface area (Å²) >= 11 is 0. The number of benzene rings is 1. The highest BCUT2D eigenvalue weighted by atomic mass is 28.3. The second kappa shape index (κ2) is 4.47. The van der Waals surface area contributed by atoms with E-state index in [0.717, 1.165) is 11.6 Å². The molecule has 0 saturated heterocycles. The van der Waals surface area contributed by atoms with Crippen molar-refractivity contribution in [1.29, 1.82) is 0 Å². The molecule has 0 radical (unpaired) electrons. The topological polar surface area (TPSA) is 20.2 Å². The normalized spacial score (nSPS) is 12.2. The zero-order valence-electron chi connectivity index (χ0n) is 9.12. The van der Waals surface area contributed by atoms with E-state index in [1.807, 2.05) is 24.3 Å². The maximum absolute atomic E-state index is 9.50. The average Bonchev–Trinajstić information content (AvgIpc) is 2.06. The molecule has 0 spiro atoms. The third-order valence-corrected chi connectivity index (χ3v) is 3.42. The molecule has 1 aromatic rings. The molecule has 0 aliphatic rings. The van der Waals surface area contributed by atoms with Gasteiger partial charge in [-0.3, -0.25) is 0 Å². The summed E-state index contributed by atoms with van der Waals surface area (Å²) in [5.41, 5.74) is 0.908. The Morgan fingerprint density at radius 3 is 2.43 bits per heavy atom. The van der Waals surface area contributed by atoms with Gasteiger partial charge in [0.2, 0.25) is 0 Å². The monoisotopic (exact) mass is 206 g/mol. The van der Waals surface area contributed by atoms with Gasteiger partial charge in [0.25, 0.3) is 0 Å². The molecule has 1 aromatic carbocycles. The third kappa shape index (κ3) is 3.79. The molecule has 2 heteroatoms. The molecular formula is C12H18OSi. The Hall–Kier alpha value is -1.02. The van der Waals surface area contributed by atoms with Crippen LogP contribution in [0.3, 0.4) is 0 Å². The molecule has 1 N–H and O–H groups in total. The van der Waals surface area contributed by atoms with Crippen LogP contribution in [0.4, 0.5) is 0 Å². The second-order valence-corrected chi connectivity index (χ2v) is 10.3. The van der Waals surface area contributed by atoms with Crippen molar-refractivity contribution in [1.82, 2.24) is 0 Å². The van der Waals surface area contributed by atoms with Crippen molar-refractivity contribution in [2.45, 2.75) is 25.7 Å². The highest BCUT2D eigenvalue weighted by molar-refractivity contribution is 6.76. The van der Waals surface area contributed by atoms with Crippen LogP contribution in [0.2, 0.25) is 25.7 Å². The number of hydrogen-bond donors (Lipinski definition) is 1. The standard InChI is InChI=1S/C12H18OSi/c1-14(2,3)10-6-8-11-7-4-5-9-12(11)13/h4-9,13H,10H2,1-3H3/b8-6-. The van der Waals surface area contributed by atoms with Crippen LogP contribution < -0.4 is 0 Å². The quantitative estimate of drug-likeness (QED) is 0.747. The summed E-state index contributed by atoms with van der Waals surface area (Å²) in [6, 6.07) is 8.57. The molecule has 0 aromatic heterocycles. The van der Waals surface area contributed by atoms with Gasteiger partial charge in [0, 0.05) is 13.6 Å². The number of aromatic hydroxyl groups is 1. The first kappa shape index (κ1) is 11.1. The Morgan fingerprint density at radius 1 is 1.21 bits per heavy atom. The van der Waals surface area contributed by atoms with Crippen LogP contribution in [0, 0.1) is 0 Å². The number of phenols is 1. The molecule has 0 aliphatic heterocycles. The molecule has 0 saturated carbocycles. The first-order valence-corrected chi connectivity index (χ1v) is 8.64. The van der Waals surface area contributed by atoms with E-state index in [-0.39, 0.29) is 0 Å². The number of phenolic OH excluding ortho intramolecular Hbond substituents is 1. The van der Waals surface area contributed by atoms with Crippen LogP contribution in [-0.4, -0.2) is 13.2 Å². The Labute approximate surface area is 87.1 Å². The van der Waals surface area contributed by atoms with E-state index in [0.29, 0.717) is 5.75 Å². The smallest absolute Gasteiger partial charge is 0.122 e. The summed E-state index contributed by atoms with van der Waals surface area (Å²) in [7, 11) is -0.997. The fraction of sp³-hybridized carbons (Fsp3) is 0.333. The zero-order valence-corrected chi connectivity index (χ0v) is 10.1. The molecular weight excluding hydrogens is 188 g/mol. The van der Waals surface area contributed by atoms with Crippen molar-refractivity contribution < 1.29 is 5.11 Å². The van der Waals surface area contributed by atoms with Crippen LogP contribution in [-0.2, 0) is 0 Å². The summed E-state index contributed by atoms with van der Waals surface area (Å²) in [6.07, 6.45) is 4.18. The van der Waals surface area contributed by atoms with E-state index in [1.54, 1.807) is 6.07 Å². The van der Waals surface area contributed by atoms with Crippen molar-refractivity contribution in [3.05, 3.63) is 35.9 Å². The zero-order chi connectivity index (χ0) is 10.6.